The fourth-order valence-corrected chi connectivity index (χ4v) is 1.92. The van der Waals surface area contributed by atoms with Crippen molar-refractivity contribution in [2.45, 2.75) is 33.2 Å². The van der Waals surface area contributed by atoms with E-state index in [1.54, 1.807) is 6.07 Å². The van der Waals surface area contributed by atoms with Gasteiger partial charge in [-0.3, -0.25) is 9.59 Å². The Hall–Kier alpha value is -1.36. The molecule has 5 heteroatoms. The largest absolute Gasteiger partial charge is 0.350 e. The van der Waals surface area contributed by atoms with Crippen molar-refractivity contribution in [1.82, 2.24) is 10.6 Å². The third-order valence-corrected chi connectivity index (χ3v) is 2.86. The number of carbonyl (C=O) groups is 2. The molecule has 0 aliphatic rings. The topological polar surface area (TPSA) is 58.2 Å². The lowest BCUT2D eigenvalue weighted by Crippen LogP contribution is -2.45. The van der Waals surface area contributed by atoms with E-state index in [0.717, 1.165) is 10.0 Å². The molecule has 0 bridgehead atoms. The van der Waals surface area contributed by atoms with Crippen LogP contribution in [-0.2, 0) is 4.79 Å². The number of amides is 2. The van der Waals surface area contributed by atoms with Gasteiger partial charge < -0.3 is 10.6 Å². The number of halogens is 1. The second-order valence-electron chi connectivity index (χ2n) is 5.44. The van der Waals surface area contributed by atoms with Crippen LogP contribution in [0.2, 0.25) is 0 Å². The molecule has 1 aromatic rings. The Morgan fingerprint density at radius 1 is 1.26 bits per heavy atom. The first-order valence-corrected chi connectivity index (χ1v) is 6.84. The molecule has 0 aliphatic heterocycles. The van der Waals surface area contributed by atoms with Crippen molar-refractivity contribution in [3.05, 3.63) is 33.8 Å². The lowest BCUT2D eigenvalue weighted by molar-refractivity contribution is -0.121. The predicted octanol–water partition coefficient (Wildman–Crippen LogP) is 2.40. The number of nitrogens with one attached hydrogen (secondary N) is 2. The number of hydrogen-bond acceptors (Lipinski definition) is 2. The molecule has 0 saturated heterocycles. The van der Waals surface area contributed by atoms with E-state index in [1.165, 1.54) is 0 Å². The van der Waals surface area contributed by atoms with Crippen molar-refractivity contribution >= 4 is 27.7 Å². The minimum absolute atomic E-state index is 0.0257. The van der Waals surface area contributed by atoms with Gasteiger partial charge in [-0.1, -0.05) is 22.0 Å². The van der Waals surface area contributed by atoms with E-state index >= 15 is 0 Å². The molecule has 0 unspecified atom stereocenters. The van der Waals surface area contributed by atoms with Crippen LogP contribution in [0.3, 0.4) is 0 Å². The molecule has 104 valence electrons. The summed E-state index contributed by atoms with van der Waals surface area (Å²) in [5.41, 5.74) is 1.14. The maximum atomic E-state index is 12.0. The number of aryl methyl sites for hydroxylation is 1. The molecular formula is C14H19BrN2O2. The van der Waals surface area contributed by atoms with Gasteiger partial charge in [0.25, 0.3) is 5.91 Å². The third-order valence-electron chi connectivity index (χ3n) is 2.37. The number of benzene rings is 1. The van der Waals surface area contributed by atoms with Gasteiger partial charge >= 0.3 is 0 Å². The molecule has 1 aromatic carbocycles. The maximum absolute atomic E-state index is 12.0. The van der Waals surface area contributed by atoms with E-state index in [4.69, 9.17) is 0 Å². The van der Waals surface area contributed by atoms with Gasteiger partial charge in [-0.2, -0.15) is 0 Å². The van der Waals surface area contributed by atoms with Gasteiger partial charge in [0.05, 0.1) is 6.54 Å². The van der Waals surface area contributed by atoms with Crippen molar-refractivity contribution in [2.75, 3.05) is 6.54 Å². The molecule has 0 aliphatic carbocycles. The van der Waals surface area contributed by atoms with Crippen LogP contribution in [0.15, 0.2) is 22.7 Å². The van der Waals surface area contributed by atoms with E-state index in [1.807, 2.05) is 39.8 Å². The smallest absolute Gasteiger partial charge is 0.252 e. The second kappa shape index (κ2) is 6.19. The van der Waals surface area contributed by atoms with Gasteiger partial charge in [-0.15, -0.1) is 0 Å². The Kier molecular flexibility index (Phi) is 5.11. The summed E-state index contributed by atoms with van der Waals surface area (Å²) in [7, 11) is 0. The third kappa shape index (κ3) is 5.42. The monoisotopic (exact) mass is 326 g/mol. The highest BCUT2D eigenvalue weighted by Crippen LogP contribution is 2.15. The molecule has 19 heavy (non-hydrogen) atoms. The average molecular weight is 327 g/mol. The van der Waals surface area contributed by atoms with E-state index in [0.29, 0.717) is 5.56 Å². The summed E-state index contributed by atoms with van der Waals surface area (Å²) in [5, 5.41) is 5.41. The summed E-state index contributed by atoms with van der Waals surface area (Å²) < 4.78 is 0.836. The summed E-state index contributed by atoms with van der Waals surface area (Å²) in [6.45, 7) is 7.51. The highest BCUT2D eigenvalue weighted by molar-refractivity contribution is 9.10. The Bertz CT molecular complexity index is 493. The van der Waals surface area contributed by atoms with E-state index in [2.05, 4.69) is 26.6 Å². The van der Waals surface area contributed by atoms with E-state index in [-0.39, 0.29) is 23.9 Å². The van der Waals surface area contributed by atoms with Crippen LogP contribution in [0, 0.1) is 6.92 Å². The molecule has 2 amide bonds. The van der Waals surface area contributed by atoms with Gasteiger partial charge in [0.15, 0.2) is 0 Å². The standard InChI is InChI=1S/C14H19BrN2O2/c1-9-5-6-10(15)7-11(9)13(19)16-8-12(18)17-14(2,3)4/h5-7H,8H2,1-4H3,(H,16,19)(H,17,18). The Morgan fingerprint density at radius 3 is 2.47 bits per heavy atom. The zero-order chi connectivity index (χ0) is 14.6. The van der Waals surface area contributed by atoms with Gasteiger partial charge in [0.2, 0.25) is 5.91 Å². The summed E-state index contributed by atoms with van der Waals surface area (Å²) in [6.07, 6.45) is 0. The molecule has 2 N–H and O–H groups in total. The number of rotatable bonds is 3. The zero-order valence-corrected chi connectivity index (χ0v) is 13.2. The van der Waals surface area contributed by atoms with Crippen LogP contribution in [0.4, 0.5) is 0 Å². The van der Waals surface area contributed by atoms with Crippen LogP contribution < -0.4 is 10.6 Å². The minimum atomic E-state index is -0.298. The van der Waals surface area contributed by atoms with Crippen LogP contribution in [0.5, 0.6) is 0 Å². The van der Waals surface area contributed by atoms with Crippen molar-refractivity contribution in [2.24, 2.45) is 0 Å². The Labute approximate surface area is 122 Å². The molecule has 4 nitrogen and oxygen atoms in total. The lowest BCUT2D eigenvalue weighted by atomic mass is 10.1. The Balaban J connectivity index is 2.61. The first-order chi connectivity index (χ1) is 8.69. The van der Waals surface area contributed by atoms with Crippen molar-refractivity contribution in [3.8, 4) is 0 Å². The minimum Gasteiger partial charge on any atom is -0.350 e. The fraction of sp³-hybridized carbons (Fsp3) is 0.429. The number of carbonyl (C=O) groups excluding carboxylic acids is 2. The average Bonchev–Trinajstić information content (AvgIpc) is 2.27. The summed E-state index contributed by atoms with van der Waals surface area (Å²) in [5.74, 6) is -0.448. The van der Waals surface area contributed by atoms with Gasteiger partial charge in [-0.05, 0) is 45.4 Å². The molecule has 1 rings (SSSR count). The van der Waals surface area contributed by atoms with Crippen molar-refractivity contribution in [1.29, 1.82) is 0 Å². The molecule has 0 spiro atoms. The first-order valence-electron chi connectivity index (χ1n) is 6.04. The van der Waals surface area contributed by atoms with Gasteiger partial charge in [0.1, 0.15) is 0 Å². The summed E-state index contributed by atoms with van der Waals surface area (Å²) >= 11 is 3.33. The van der Waals surface area contributed by atoms with Crippen LogP contribution in [0.25, 0.3) is 0 Å². The molecule has 0 heterocycles. The summed E-state index contributed by atoms with van der Waals surface area (Å²) in [6, 6.07) is 5.47. The molecule has 0 aromatic heterocycles. The maximum Gasteiger partial charge on any atom is 0.252 e. The Morgan fingerprint density at radius 2 is 1.89 bits per heavy atom. The molecule has 0 fully saturated rings. The summed E-state index contributed by atoms with van der Waals surface area (Å²) in [4.78, 5) is 23.6. The van der Waals surface area contributed by atoms with Crippen molar-refractivity contribution in [3.63, 3.8) is 0 Å². The highest BCUT2D eigenvalue weighted by atomic mass is 79.9. The van der Waals surface area contributed by atoms with Crippen molar-refractivity contribution < 1.29 is 9.59 Å². The van der Waals surface area contributed by atoms with E-state index in [9.17, 15) is 9.59 Å². The molecule has 0 radical (unpaired) electrons. The van der Waals surface area contributed by atoms with Crippen LogP contribution in [-0.4, -0.2) is 23.9 Å². The SMILES string of the molecule is Cc1ccc(Br)cc1C(=O)NCC(=O)NC(C)(C)C. The second-order valence-corrected chi connectivity index (χ2v) is 6.36. The van der Waals surface area contributed by atoms with Crippen LogP contribution in [0.1, 0.15) is 36.7 Å². The van der Waals surface area contributed by atoms with Gasteiger partial charge in [0, 0.05) is 15.6 Å². The first kappa shape index (κ1) is 15.7. The zero-order valence-electron chi connectivity index (χ0n) is 11.6. The fourth-order valence-electron chi connectivity index (χ4n) is 1.56. The molecule has 0 saturated carbocycles. The lowest BCUT2D eigenvalue weighted by Gasteiger charge is -2.20. The molecular weight excluding hydrogens is 308 g/mol. The quantitative estimate of drug-likeness (QED) is 0.896. The normalized spacial score (nSPS) is 11.0. The van der Waals surface area contributed by atoms with Crippen LogP contribution >= 0.6 is 15.9 Å². The van der Waals surface area contributed by atoms with E-state index < -0.39 is 0 Å². The van der Waals surface area contributed by atoms with Gasteiger partial charge in [-0.25, -0.2) is 0 Å². The highest BCUT2D eigenvalue weighted by Gasteiger charge is 2.15. The number of hydrogen-bond donors (Lipinski definition) is 2. The predicted molar refractivity (Wildman–Crippen MR) is 79.1 cm³/mol. The molecule has 0 atom stereocenters.